The van der Waals surface area contributed by atoms with Crippen molar-refractivity contribution in [3.8, 4) is 11.5 Å². The number of carbonyl (C=O) groups excluding carboxylic acids is 2. The summed E-state index contributed by atoms with van der Waals surface area (Å²) >= 11 is 0. The Bertz CT molecular complexity index is 1060. The summed E-state index contributed by atoms with van der Waals surface area (Å²) < 4.78 is 17.9. The van der Waals surface area contributed by atoms with Gasteiger partial charge < -0.3 is 19.5 Å². The first-order valence-corrected chi connectivity index (χ1v) is 10.7. The maximum atomic E-state index is 12.3. The number of anilines is 1. The third kappa shape index (κ3) is 5.99. The summed E-state index contributed by atoms with van der Waals surface area (Å²) in [5, 5.41) is 18.3. The van der Waals surface area contributed by atoms with Crippen LogP contribution in [-0.4, -0.2) is 46.4 Å². The predicted octanol–water partition coefficient (Wildman–Crippen LogP) is 2.95. The number of aryl methyl sites for hydroxylation is 1. The van der Waals surface area contributed by atoms with Gasteiger partial charge in [-0.3, -0.25) is 24.4 Å². The van der Waals surface area contributed by atoms with Crippen LogP contribution >= 0.6 is 0 Å². The van der Waals surface area contributed by atoms with E-state index in [9.17, 15) is 19.7 Å². The van der Waals surface area contributed by atoms with Gasteiger partial charge in [0.25, 0.3) is 11.6 Å². The van der Waals surface area contributed by atoms with Gasteiger partial charge in [-0.05, 0) is 19.8 Å². The average Bonchev–Trinajstić information content (AvgIpc) is 2.91. The van der Waals surface area contributed by atoms with Crippen LogP contribution in [0.25, 0.3) is 0 Å². The molecule has 2 aromatic rings. The summed E-state index contributed by atoms with van der Waals surface area (Å²) in [6.07, 6.45) is 0.614. The molecule has 11 heteroatoms. The number of hydrogen-bond acceptors (Lipinski definition) is 8. The molecule has 1 amide bonds. The SMILES string of the molecule is Cc1nn(CC(C)C)c(C)c1CC(=O)OCC(=O)Nc1cc2c(cc1[N+](=O)[O-])OCCCO2. The van der Waals surface area contributed by atoms with E-state index in [1.54, 1.807) is 0 Å². The monoisotopic (exact) mass is 460 g/mol. The highest BCUT2D eigenvalue weighted by Gasteiger charge is 2.24. The highest BCUT2D eigenvalue weighted by Crippen LogP contribution is 2.39. The third-order valence-corrected chi connectivity index (χ3v) is 5.09. The van der Waals surface area contributed by atoms with Gasteiger partial charge in [0, 0.05) is 30.3 Å². The number of carbonyl (C=O) groups is 2. The third-order valence-electron chi connectivity index (χ3n) is 5.09. The van der Waals surface area contributed by atoms with Crippen molar-refractivity contribution in [3.63, 3.8) is 0 Å². The summed E-state index contributed by atoms with van der Waals surface area (Å²) in [6.45, 7) is 8.79. The first kappa shape index (κ1) is 24.0. The number of nitrogens with one attached hydrogen (secondary N) is 1. The Morgan fingerprint density at radius 2 is 1.91 bits per heavy atom. The summed E-state index contributed by atoms with van der Waals surface area (Å²) in [6, 6.07) is 2.55. The van der Waals surface area contributed by atoms with Crippen molar-refractivity contribution in [2.24, 2.45) is 5.92 Å². The zero-order valence-corrected chi connectivity index (χ0v) is 19.2. The molecule has 0 unspecified atom stereocenters. The molecule has 0 radical (unpaired) electrons. The smallest absolute Gasteiger partial charge is 0.310 e. The molecule has 1 aromatic heterocycles. The minimum absolute atomic E-state index is 0.0206. The van der Waals surface area contributed by atoms with Crippen LogP contribution in [0.4, 0.5) is 11.4 Å². The van der Waals surface area contributed by atoms with E-state index in [4.69, 9.17) is 14.2 Å². The molecule has 0 fully saturated rings. The molecular weight excluding hydrogens is 432 g/mol. The van der Waals surface area contributed by atoms with Crippen molar-refractivity contribution in [2.45, 2.75) is 47.1 Å². The Kier molecular flexibility index (Phi) is 7.52. The lowest BCUT2D eigenvalue weighted by atomic mass is 10.1. The summed E-state index contributed by atoms with van der Waals surface area (Å²) in [4.78, 5) is 35.5. The Hall–Kier alpha value is -3.63. The van der Waals surface area contributed by atoms with Crippen LogP contribution in [0, 0.1) is 29.9 Å². The van der Waals surface area contributed by atoms with E-state index < -0.39 is 23.4 Å². The van der Waals surface area contributed by atoms with E-state index in [1.807, 2.05) is 18.5 Å². The summed E-state index contributed by atoms with van der Waals surface area (Å²) in [5.74, 6) is -0.346. The standard InChI is InChI=1S/C22H28N4O7/c1-13(2)11-25-15(4)16(14(3)24-25)8-22(28)33-12-21(27)23-17-9-19-20(10-18(17)26(29)30)32-7-5-6-31-19/h9-10,13H,5-8,11-12H2,1-4H3,(H,23,27). The number of nitro benzene ring substituents is 1. The fourth-order valence-electron chi connectivity index (χ4n) is 3.49. The number of ether oxygens (including phenoxy) is 3. The van der Waals surface area contributed by atoms with E-state index in [0.717, 1.165) is 23.5 Å². The molecule has 1 N–H and O–H groups in total. The van der Waals surface area contributed by atoms with Crippen LogP contribution in [0.15, 0.2) is 12.1 Å². The molecule has 0 aliphatic carbocycles. The van der Waals surface area contributed by atoms with Gasteiger partial charge in [-0.2, -0.15) is 5.10 Å². The minimum Gasteiger partial charge on any atom is -0.489 e. The second-order valence-electron chi connectivity index (χ2n) is 8.23. The van der Waals surface area contributed by atoms with Gasteiger partial charge in [0.05, 0.1) is 36.3 Å². The molecule has 3 rings (SSSR count). The molecule has 2 heterocycles. The fourth-order valence-corrected chi connectivity index (χ4v) is 3.49. The van der Waals surface area contributed by atoms with Crippen molar-refractivity contribution >= 4 is 23.3 Å². The second-order valence-corrected chi connectivity index (χ2v) is 8.23. The lowest BCUT2D eigenvalue weighted by Crippen LogP contribution is -2.22. The second kappa shape index (κ2) is 10.3. The highest BCUT2D eigenvalue weighted by atomic mass is 16.6. The van der Waals surface area contributed by atoms with E-state index in [2.05, 4.69) is 24.3 Å². The number of fused-ring (bicyclic) bond motifs is 1. The van der Waals surface area contributed by atoms with Crippen LogP contribution in [-0.2, 0) is 27.3 Å². The van der Waals surface area contributed by atoms with Gasteiger partial charge in [-0.1, -0.05) is 13.8 Å². The fraction of sp³-hybridized carbons (Fsp3) is 0.500. The number of aromatic nitrogens is 2. The van der Waals surface area contributed by atoms with Gasteiger partial charge in [0.1, 0.15) is 5.69 Å². The van der Waals surface area contributed by atoms with Crippen molar-refractivity contribution in [1.29, 1.82) is 0 Å². The largest absolute Gasteiger partial charge is 0.489 e. The Morgan fingerprint density at radius 1 is 1.24 bits per heavy atom. The molecule has 0 saturated carbocycles. The van der Waals surface area contributed by atoms with Gasteiger partial charge in [-0.15, -0.1) is 0 Å². The average molecular weight is 460 g/mol. The molecule has 11 nitrogen and oxygen atoms in total. The molecule has 0 bridgehead atoms. The molecule has 0 atom stereocenters. The number of nitro groups is 1. The van der Waals surface area contributed by atoms with Gasteiger partial charge in [-0.25, -0.2) is 0 Å². The molecule has 1 aliphatic heterocycles. The number of nitrogens with zero attached hydrogens (tertiary/aromatic N) is 3. The van der Waals surface area contributed by atoms with Crippen LogP contribution in [0.2, 0.25) is 0 Å². The van der Waals surface area contributed by atoms with Crippen LogP contribution in [0.5, 0.6) is 11.5 Å². The first-order chi connectivity index (χ1) is 15.7. The molecule has 0 spiro atoms. The number of hydrogen-bond donors (Lipinski definition) is 1. The first-order valence-electron chi connectivity index (χ1n) is 10.7. The Morgan fingerprint density at radius 3 is 2.55 bits per heavy atom. The Labute approximate surface area is 191 Å². The molecule has 178 valence electrons. The van der Waals surface area contributed by atoms with Crippen molar-refractivity contribution in [3.05, 3.63) is 39.2 Å². The van der Waals surface area contributed by atoms with Crippen molar-refractivity contribution in [1.82, 2.24) is 9.78 Å². The molecule has 33 heavy (non-hydrogen) atoms. The number of benzene rings is 1. The normalized spacial score (nSPS) is 12.9. The van der Waals surface area contributed by atoms with Gasteiger partial charge in [0.15, 0.2) is 18.1 Å². The highest BCUT2D eigenvalue weighted by molar-refractivity contribution is 5.95. The van der Waals surface area contributed by atoms with Crippen molar-refractivity contribution < 1.29 is 28.7 Å². The summed E-state index contributed by atoms with van der Waals surface area (Å²) in [7, 11) is 0. The van der Waals surface area contributed by atoms with Crippen LogP contribution in [0.3, 0.4) is 0 Å². The quantitative estimate of drug-likeness (QED) is 0.361. The lowest BCUT2D eigenvalue weighted by Gasteiger charge is -2.11. The van der Waals surface area contributed by atoms with Crippen LogP contribution < -0.4 is 14.8 Å². The van der Waals surface area contributed by atoms with Gasteiger partial charge >= 0.3 is 5.97 Å². The molecule has 1 aromatic carbocycles. The van der Waals surface area contributed by atoms with E-state index in [-0.39, 0.29) is 23.5 Å². The van der Waals surface area contributed by atoms with E-state index >= 15 is 0 Å². The zero-order chi connectivity index (χ0) is 24.1. The van der Waals surface area contributed by atoms with Crippen molar-refractivity contribution in [2.75, 3.05) is 25.1 Å². The summed E-state index contributed by atoms with van der Waals surface area (Å²) in [5.41, 5.74) is 1.97. The van der Waals surface area contributed by atoms with Gasteiger partial charge in [0.2, 0.25) is 0 Å². The van der Waals surface area contributed by atoms with E-state index in [0.29, 0.717) is 31.3 Å². The predicted molar refractivity (Wildman–Crippen MR) is 119 cm³/mol. The minimum atomic E-state index is -0.704. The molecule has 0 saturated heterocycles. The van der Waals surface area contributed by atoms with E-state index in [1.165, 1.54) is 12.1 Å². The number of rotatable bonds is 8. The maximum Gasteiger partial charge on any atom is 0.310 e. The number of amides is 1. The topological polar surface area (TPSA) is 135 Å². The lowest BCUT2D eigenvalue weighted by molar-refractivity contribution is -0.384. The van der Waals surface area contributed by atoms with Crippen LogP contribution in [0.1, 0.15) is 37.2 Å². The Balaban J connectivity index is 1.63. The number of esters is 1. The molecule has 1 aliphatic rings. The molecular formula is C22H28N4O7. The maximum absolute atomic E-state index is 12.3. The zero-order valence-electron chi connectivity index (χ0n) is 19.2.